The first kappa shape index (κ1) is 7.60. The highest BCUT2D eigenvalue weighted by atomic mass is 16.3. The predicted octanol–water partition coefficient (Wildman–Crippen LogP) is 2.34. The quantitative estimate of drug-likeness (QED) is 0.647. The van der Waals surface area contributed by atoms with E-state index in [9.17, 15) is 5.11 Å². The van der Waals surface area contributed by atoms with E-state index in [0.717, 1.165) is 5.92 Å². The second kappa shape index (κ2) is 2.78. The van der Waals surface area contributed by atoms with E-state index < -0.39 is 0 Å². The Hall–Kier alpha value is -0.0400. The van der Waals surface area contributed by atoms with E-state index in [1.807, 2.05) is 0 Å². The molecule has 2 saturated carbocycles. The van der Waals surface area contributed by atoms with Crippen molar-refractivity contribution >= 4 is 0 Å². The SMILES string of the molecule is OCC1(C2CCCC2)CCC1. The van der Waals surface area contributed by atoms with E-state index in [1.165, 1.54) is 44.9 Å². The predicted molar refractivity (Wildman–Crippen MR) is 45.3 cm³/mol. The van der Waals surface area contributed by atoms with Gasteiger partial charge in [-0.25, -0.2) is 0 Å². The fraction of sp³-hybridized carbons (Fsp3) is 1.00. The first-order valence-corrected chi connectivity index (χ1v) is 4.98. The third-order valence-electron chi connectivity index (χ3n) is 3.89. The van der Waals surface area contributed by atoms with Crippen molar-refractivity contribution in [3.8, 4) is 0 Å². The molecule has 11 heavy (non-hydrogen) atoms. The van der Waals surface area contributed by atoms with Gasteiger partial charge in [0.15, 0.2) is 0 Å². The molecule has 0 aliphatic heterocycles. The molecule has 0 aromatic heterocycles. The number of hydrogen-bond acceptors (Lipinski definition) is 1. The zero-order valence-corrected chi connectivity index (χ0v) is 7.18. The molecule has 2 rings (SSSR count). The van der Waals surface area contributed by atoms with Crippen molar-refractivity contribution in [2.45, 2.75) is 44.9 Å². The maximum Gasteiger partial charge on any atom is 0.0490 e. The van der Waals surface area contributed by atoms with Crippen LogP contribution in [0.1, 0.15) is 44.9 Å². The van der Waals surface area contributed by atoms with Gasteiger partial charge in [0.25, 0.3) is 0 Å². The fourth-order valence-electron chi connectivity index (χ4n) is 2.86. The molecular formula is C10H18O. The molecule has 0 saturated heterocycles. The lowest BCUT2D eigenvalue weighted by molar-refractivity contribution is -0.0111. The van der Waals surface area contributed by atoms with E-state index in [-0.39, 0.29) is 0 Å². The van der Waals surface area contributed by atoms with Gasteiger partial charge in [-0.2, -0.15) is 0 Å². The lowest BCUT2D eigenvalue weighted by Gasteiger charge is -2.45. The average molecular weight is 154 g/mol. The van der Waals surface area contributed by atoms with Crippen LogP contribution < -0.4 is 0 Å². The summed E-state index contributed by atoms with van der Waals surface area (Å²) in [6.07, 6.45) is 9.55. The highest BCUT2D eigenvalue weighted by molar-refractivity contribution is 4.94. The fourth-order valence-corrected chi connectivity index (χ4v) is 2.86. The van der Waals surface area contributed by atoms with E-state index in [0.29, 0.717) is 12.0 Å². The zero-order chi connectivity index (χ0) is 7.73. The van der Waals surface area contributed by atoms with Crippen LogP contribution in [0.15, 0.2) is 0 Å². The van der Waals surface area contributed by atoms with Crippen molar-refractivity contribution in [1.29, 1.82) is 0 Å². The second-order valence-electron chi connectivity index (χ2n) is 4.36. The lowest BCUT2D eigenvalue weighted by Crippen LogP contribution is -2.39. The number of hydrogen-bond donors (Lipinski definition) is 1. The third-order valence-corrected chi connectivity index (χ3v) is 3.89. The van der Waals surface area contributed by atoms with Crippen LogP contribution in [-0.2, 0) is 0 Å². The van der Waals surface area contributed by atoms with Crippen LogP contribution in [-0.4, -0.2) is 11.7 Å². The molecule has 1 nitrogen and oxygen atoms in total. The van der Waals surface area contributed by atoms with Crippen LogP contribution in [0.5, 0.6) is 0 Å². The minimum Gasteiger partial charge on any atom is -0.396 e. The zero-order valence-electron chi connectivity index (χ0n) is 7.18. The summed E-state index contributed by atoms with van der Waals surface area (Å²) in [5.74, 6) is 0.876. The largest absolute Gasteiger partial charge is 0.396 e. The van der Waals surface area contributed by atoms with Crippen molar-refractivity contribution in [2.24, 2.45) is 11.3 Å². The Labute approximate surface area is 68.8 Å². The van der Waals surface area contributed by atoms with Crippen molar-refractivity contribution in [3.63, 3.8) is 0 Å². The molecule has 64 valence electrons. The second-order valence-corrected chi connectivity index (χ2v) is 4.36. The molecular weight excluding hydrogens is 136 g/mol. The van der Waals surface area contributed by atoms with E-state index in [2.05, 4.69) is 0 Å². The van der Waals surface area contributed by atoms with Gasteiger partial charge in [-0.3, -0.25) is 0 Å². The summed E-state index contributed by atoms with van der Waals surface area (Å²) in [6, 6.07) is 0. The molecule has 1 heteroatoms. The molecule has 1 N–H and O–H groups in total. The molecule has 2 fully saturated rings. The minimum absolute atomic E-state index is 0.399. The van der Waals surface area contributed by atoms with Crippen LogP contribution in [0.2, 0.25) is 0 Å². The molecule has 0 aromatic carbocycles. The van der Waals surface area contributed by atoms with Crippen LogP contribution in [0.25, 0.3) is 0 Å². The lowest BCUT2D eigenvalue weighted by atomic mass is 9.61. The monoisotopic (exact) mass is 154 g/mol. The van der Waals surface area contributed by atoms with Crippen LogP contribution in [0, 0.1) is 11.3 Å². The van der Waals surface area contributed by atoms with Gasteiger partial charge in [0.2, 0.25) is 0 Å². The first-order chi connectivity index (χ1) is 5.37. The summed E-state index contributed by atoms with van der Waals surface area (Å²) in [5.41, 5.74) is 0.399. The average Bonchev–Trinajstić information content (AvgIpc) is 2.39. The molecule has 0 heterocycles. The topological polar surface area (TPSA) is 20.2 Å². The molecule has 0 bridgehead atoms. The molecule has 0 spiro atoms. The van der Waals surface area contributed by atoms with Gasteiger partial charge >= 0.3 is 0 Å². The molecule has 0 atom stereocenters. The van der Waals surface area contributed by atoms with Crippen LogP contribution >= 0.6 is 0 Å². The van der Waals surface area contributed by atoms with Crippen molar-refractivity contribution in [2.75, 3.05) is 6.61 Å². The molecule has 0 amide bonds. The number of aliphatic hydroxyl groups is 1. The standard InChI is InChI=1S/C10H18O/c11-8-10(6-3-7-10)9-4-1-2-5-9/h9,11H,1-8H2. The Bertz CT molecular complexity index is 126. The maximum atomic E-state index is 9.30. The van der Waals surface area contributed by atoms with Gasteiger partial charge in [-0.05, 0) is 37.0 Å². The summed E-state index contributed by atoms with van der Waals surface area (Å²) in [4.78, 5) is 0. The summed E-state index contributed by atoms with van der Waals surface area (Å²) < 4.78 is 0. The van der Waals surface area contributed by atoms with Gasteiger partial charge < -0.3 is 5.11 Å². The molecule has 2 aliphatic carbocycles. The van der Waals surface area contributed by atoms with Gasteiger partial charge in [0.1, 0.15) is 0 Å². The van der Waals surface area contributed by atoms with Crippen molar-refractivity contribution in [1.82, 2.24) is 0 Å². The van der Waals surface area contributed by atoms with Crippen LogP contribution in [0.3, 0.4) is 0 Å². The van der Waals surface area contributed by atoms with Crippen molar-refractivity contribution in [3.05, 3.63) is 0 Å². The molecule has 0 radical (unpaired) electrons. The smallest absolute Gasteiger partial charge is 0.0490 e. The summed E-state index contributed by atoms with van der Waals surface area (Å²) in [5, 5.41) is 9.30. The summed E-state index contributed by atoms with van der Waals surface area (Å²) in [6.45, 7) is 0.456. The van der Waals surface area contributed by atoms with Gasteiger partial charge in [0.05, 0.1) is 0 Å². The highest BCUT2D eigenvalue weighted by Crippen LogP contribution is 2.52. The maximum absolute atomic E-state index is 9.30. The third kappa shape index (κ3) is 1.10. The first-order valence-electron chi connectivity index (χ1n) is 4.98. The van der Waals surface area contributed by atoms with Gasteiger partial charge in [-0.15, -0.1) is 0 Å². The number of aliphatic hydroxyl groups excluding tert-OH is 1. The highest BCUT2D eigenvalue weighted by Gasteiger charge is 2.43. The Kier molecular flexibility index (Phi) is 1.92. The van der Waals surface area contributed by atoms with E-state index in [4.69, 9.17) is 0 Å². The normalized spacial score (nSPS) is 30.3. The van der Waals surface area contributed by atoms with Gasteiger partial charge in [0, 0.05) is 6.61 Å². The minimum atomic E-state index is 0.399. The Morgan fingerprint density at radius 2 is 1.73 bits per heavy atom. The Balaban J connectivity index is 1.99. The van der Waals surface area contributed by atoms with E-state index in [1.54, 1.807) is 0 Å². The summed E-state index contributed by atoms with van der Waals surface area (Å²) in [7, 11) is 0. The van der Waals surface area contributed by atoms with Crippen LogP contribution in [0.4, 0.5) is 0 Å². The Morgan fingerprint density at radius 3 is 2.09 bits per heavy atom. The number of rotatable bonds is 2. The van der Waals surface area contributed by atoms with Crippen molar-refractivity contribution < 1.29 is 5.11 Å². The van der Waals surface area contributed by atoms with Gasteiger partial charge in [-0.1, -0.05) is 19.3 Å². The molecule has 0 aromatic rings. The molecule has 2 aliphatic rings. The molecule has 0 unspecified atom stereocenters. The Morgan fingerprint density at radius 1 is 1.09 bits per heavy atom. The van der Waals surface area contributed by atoms with E-state index >= 15 is 0 Å². The summed E-state index contributed by atoms with van der Waals surface area (Å²) >= 11 is 0.